The highest BCUT2D eigenvalue weighted by molar-refractivity contribution is 5.89. The Morgan fingerprint density at radius 1 is 0.552 bits per heavy atom. The zero-order chi connectivity index (χ0) is 19.5. The van der Waals surface area contributed by atoms with Crippen LogP contribution in [0.5, 0.6) is 0 Å². The Morgan fingerprint density at radius 3 is 1.83 bits per heavy atom. The molecule has 2 nitrogen and oxygen atoms in total. The number of para-hydroxylation sites is 2. The lowest BCUT2D eigenvalue weighted by molar-refractivity contribution is -0.423. The minimum Gasteiger partial charge on any atom is -0.229 e. The van der Waals surface area contributed by atoms with Gasteiger partial charge in [-0.25, -0.2) is 9.48 Å². The molecule has 5 rings (SSSR count). The van der Waals surface area contributed by atoms with Gasteiger partial charge in [-0.15, -0.1) is 0 Å². The average molecular weight is 375 g/mol. The van der Waals surface area contributed by atoms with Crippen LogP contribution >= 0.6 is 0 Å². The molecule has 0 aliphatic carbocycles. The van der Waals surface area contributed by atoms with Gasteiger partial charge in [-0.05, 0) is 23.3 Å². The third-order valence-electron chi connectivity index (χ3n) is 5.46. The van der Waals surface area contributed by atoms with Crippen LogP contribution in [-0.2, 0) is 0 Å². The molecule has 1 aliphatic rings. The number of nitrogens with zero attached hydrogens (tertiary/aromatic N) is 2. The van der Waals surface area contributed by atoms with Crippen molar-refractivity contribution in [2.45, 2.75) is 0 Å². The maximum absolute atomic E-state index is 2.37. The lowest BCUT2D eigenvalue weighted by Crippen LogP contribution is -2.18. The van der Waals surface area contributed by atoms with Gasteiger partial charge in [0.15, 0.2) is 0 Å². The molecule has 0 saturated carbocycles. The standard InChI is InChI=1S/C27H23N2/c1-3-11-22(12-4-1)24-15-7-9-17-26(24)28-19-20-29(21-28)27-18-10-8-16-25(27)23-13-5-2-6-14-23/h1-18,21H,19-20H2/q+1. The molecular weight excluding hydrogens is 352 g/mol. The van der Waals surface area contributed by atoms with Gasteiger partial charge in [0.25, 0.3) is 0 Å². The second kappa shape index (κ2) is 7.76. The minimum absolute atomic E-state index is 0.965. The molecule has 0 bridgehead atoms. The summed E-state index contributed by atoms with van der Waals surface area (Å²) in [7, 11) is 0. The smallest absolute Gasteiger partial charge is 0.229 e. The first-order valence-electron chi connectivity index (χ1n) is 10.1. The van der Waals surface area contributed by atoms with Gasteiger partial charge >= 0.3 is 0 Å². The van der Waals surface area contributed by atoms with Crippen LogP contribution in [0, 0.1) is 0 Å². The van der Waals surface area contributed by atoms with Crippen LogP contribution in [0.3, 0.4) is 0 Å². The predicted molar refractivity (Wildman–Crippen MR) is 122 cm³/mol. The molecule has 2 heteroatoms. The molecule has 0 N–H and O–H groups in total. The summed E-state index contributed by atoms with van der Waals surface area (Å²) in [5.74, 6) is 0. The fourth-order valence-electron chi connectivity index (χ4n) is 4.04. The topological polar surface area (TPSA) is 6.25 Å². The van der Waals surface area contributed by atoms with Crippen LogP contribution in [0.1, 0.15) is 0 Å². The summed E-state index contributed by atoms with van der Waals surface area (Å²) in [4.78, 5) is 2.37. The van der Waals surface area contributed by atoms with Crippen LogP contribution < -0.4 is 4.90 Å². The lowest BCUT2D eigenvalue weighted by atomic mass is 10.0. The van der Waals surface area contributed by atoms with E-state index in [-0.39, 0.29) is 0 Å². The van der Waals surface area contributed by atoms with Crippen molar-refractivity contribution in [1.82, 2.24) is 0 Å². The van der Waals surface area contributed by atoms with Gasteiger partial charge in [-0.1, -0.05) is 97.1 Å². The molecule has 140 valence electrons. The second-order valence-corrected chi connectivity index (χ2v) is 7.27. The normalized spacial score (nSPS) is 13.4. The monoisotopic (exact) mass is 375 g/mol. The molecule has 0 amide bonds. The lowest BCUT2D eigenvalue weighted by Gasteiger charge is -2.12. The molecule has 0 atom stereocenters. The van der Waals surface area contributed by atoms with E-state index in [0.717, 1.165) is 13.1 Å². The van der Waals surface area contributed by atoms with Gasteiger partial charge in [0.1, 0.15) is 24.5 Å². The van der Waals surface area contributed by atoms with E-state index in [1.54, 1.807) is 0 Å². The largest absolute Gasteiger partial charge is 0.244 e. The zero-order valence-corrected chi connectivity index (χ0v) is 16.3. The predicted octanol–water partition coefficient (Wildman–Crippen LogP) is 6.21. The molecule has 1 heterocycles. The van der Waals surface area contributed by atoms with E-state index in [2.05, 4.69) is 125 Å². The van der Waals surface area contributed by atoms with Crippen LogP contribution in [-0.4, -0.2) is 24.0 Å². The fourth-order valence-corrected chi connectivity index (χ4v) is 4.04. The number of hydrogen-bond donors (Lipinski definition) is 0. The first-order chi connectivity index (χ1) is 14.4. The van der Waals surface area contributed by atoms with E-state index in [0.29, 0.717) is 0 Å². The maximum atomic E-state index is 2.37. The maximum Gasteiger partial charge on any atom is 0.244 e. The molecule has 0 spiro atoms. The van der Waals surface area contributed by atoms with Crippen LogP contribution in [0.4, 0.5) is 11.4 Å². The van der Waals surface area contributed by atoms with Gasteiger partial charge in [0.2, 0.25) is 6.34 Å². The van der Waals surface area contributed by atoms with Gasteiger partial charge < -0.3 is 0 Å². The molecule has 4 aromatic carbocycles. The van der Waals surface area contributed by atoms with Crippen LogP contribution in [0.15, 0.2) is 109 Å². The van der Waals surface area contributed by atoms with Crippen molar-refractivity contribution in [2.24, 2.45) is 0 Å². The van der Waals surface area contributed by atoms with Crippen molar-refractivity contribution in [3.8, 4) is 22.3 Å². The number of rotatable bonds is 4. The third-order valence-corrected chi connectivity index (χ3v) is 5.46. The third kappa shape index (κ3) is 3.45. The first-order valence-corrected chi connectivity index (χ1v) is 10.1. The van der Waals surface area contributed by atoms with E-state index in [1.165, 1.54) is 33.6 Å². The van der Waals surface area contributed by atoms with Crippen molar-refractivity contribution in [3.63, 3.8) is 0 Å². The Kier molecular flexibility index (Phi) is 4.67. The van der Waals surface area contributed by atoms with Crippen molar-refractivity contribution in [2.75, 3.05) is 18.0 Å². The Morgan fingerprint density at radius 2 is 1.10 bits per heavy atom. The van der Waals surface area contributed by atoms with E-state index in [1.807, 2.05) is 0 Å². The van der Waals surface area contributed by atoms with Crippen molar-refractivity contribution >= 4 is 17.7 Å². The Balaban J connectivity index is 1.54. The minimum atomic E-state index is 0.965. The van der Waals surface area contributed by atoms with Gasteiger partial charge in [-0.2, -0.15) is 0 Å². The van der Waals surface area contributed by atoms with Gasteiger partial charge in [-0.3, -0.25) is 0 Å². The molecule has 4 aromatic rings. The van der Waals surface area contributed by atoms with Crippen molar-refractivity contribution < 1.29 is 4.58 Å². The molecule has 0 radical (unpaired) electrons. The summed E-state index contributed by atoms with van der Waals surface area (Å²) in [6.07, 6.45) is 2.25. The SMILES string of the molecule is C1=[N+](c2ccccc2-c2ccccc2)CCN1c1ccccc1-c1ccccc1. The molecular formula is C27H23N2+. The van der Waals surface area contributed by atoms with Gasteiger partial charge in [0, 0.05) is 11.1 Å². The van der Waals surface area contributed by atoms with Crippen molar-refractivity contribution in [3.05, 3.63) is 109 Å². The number of benzene rings is 4. The Hall–Kier alpha value is -3.65. The van der Waals surface area contributed by atoms with E-state index < -0.39 is 0 Å². The highest BCUT2D eigenvalue weighted by Crippen LogP contribution is 2.33. The summed E-state index contributed by atoms with van der Waals surface area (Å²) in [6, 6.07) is 38.6. The van der Waals surface area contributed by atoms with Gasteiger partial charge in [0.05, 0.1) is 0 Å². The van der Waals surface area contributed by atoms with E-state index in [4.69, 9.17) is 0 Å². The molecule has 0 aromatic heterocycles. The van der Waals surface area contributed by atoms with Crippen LogP contribution in [0.2, 0.25) is 0 Å². The summed E-state index contributed by atoms with van der Waals surface area (Å²) < 4.78 is 2.37. The molecule has 0 saturated heterocycles. The summed E-state index contributed by atoms with van der Waals surface area (Å²) in [5.41, 5.74) is 7.53. The Bertz CT molecular complexity index is 1150. The molecule has 29 heavy (non-hydrogen) atoms. The second-order valence-electron chi connectivity index (χ2n) is 7.27. The van der Waals surface area contributed by atoms with Crippen LogP contribution in [0.25, 0.3) is 22.3 Å². The van der Waals surface area contributed by atoms with E-state index in [9.17, 15) is 0 Å². The van der Waals surface area contributed by atoms with Crippen molar-refractivity contribution in [1.29, 1.82) is 0 Å². The molecule has 0 fully saturated rings. The summed E-state index contributed by atoms with van der Waals surface area (Å²) in [6.45, 7) is 1.93. The average Bonchev–Trinajstić information content (AvgIpc) is 3.30. The zero-order valence-electron chi connectivity index (χ0n) is 16.3. The summed E-state index contributed by atoms with van der Waals surface area (Å²) >= 11 is 0. The highest BCUT2D eigenvalue weighted by atomic mass is 15.3. The Labute approximate surface area is 172 Å². The van der Waals surface area contributed by atoms with E-state index >= 15 is 0 Å². The molecule has 0 unspecified atom stereocenters. The first kappa shape index (κ1) is 17.4. The quantitative estimate of drug-likeness (QED) is 0.384. The number of hydrogen-bond acceptors (Lipinski definition) is 1. The summed E-state index contributed by atoms with van der Waals surface area (Å²) in [5, 5.41) is 0. The fraction of sp³-hybridized carbons (Fsp3) is 0.0741. The number of anilines is 1. The highest BCUT2D eigenvalue weighted by Gasteiger charge is 2.26. The molecule has 1 aliphatic heterocycles.